The summed E-state index contributed by atoms with van der Waals surface area (Å²) < 4.78 is 1.98. The second kappa shape index (κ2) is 7.86. The number of hydrogen-bond donors (Lipinski definition) is 3. The lowest BCUT2D eigenvalue weighted by Gasteiger charge is -2.46. The van der Waals surface area contributed by atoms with Crippen molar-refractivity contribution in [2.24, 2.45) is 0 Å². The number of amides is 1. The first kappa shape index (κ1) is 20.2. The molecule has 0 unspecified atom stereocenters. The number of benzene rings is 1. The molecular weight excluding hydrogens is 440 g/mol. The number of piperazine rings is 1. The van der Waals surface area contributed by atoms with Crippen molar-refractivity contribution in [3.63, 3.8) is 0 Å². The van der Waals surface area contributed by atoms with Gasteiger partial charge in [-0.05, 0) is 38.0 Å². The van der Waals surface area contributed by atoms with Crippen molar-refractivity contribution in [2.75, 3.05) is 18.4 Å². The fourth-order valence-electron chi connectivity index (χ4n) is 4.81. The number of carbonyl (C=O) groups is 1. The van der Waals surface area contributed by atoms with E-state index in [2.05, 4.69) is 30.8 Å². The van der Waals surface area contributed by atoms with E-state index in [-0.39, 0.29) is 11.9 Å². The van der Waals surface area contributed by atoms with Crippen LogP contribution in [0.2, 0.25) is 5.02 Å². The summed E-state index contributed by atoms with van der Waals surface area (Å²) in [6.07, 6.45) is 9.48. The Labute approximate surface area is 195 Å². The van der Waals surface area contributed by atoms with Crippen LogP contribution in [0.1, 0.15) is 28.9 Å². The van der Waals surface area contributed by atoms with E-state index in [1.54, 1.807) is 24.5 Å². The minimum Gasteiger partial charge on any atom is -0.337 e. The smallest absolute Gasteiger partial charge is 0.255 e. The van der Waals surface area contributed by atoms with Gasteiger partial charge in [0.2, 0.25) is 0 Å². The average molecular weight is 463 g/mol. The highest BCUT2D eigenvalue weighted by molar-refractivity contribution is 6.34. The van der Waals surface area contributed by atoms with Crippen LogP contribution in [0.15, 0.2) is 43.0 Å². The number of imidazole rings is 1. The number of H-pyrrole nitrogens is 1. The number of rotatable bonds is 4. The number of nitrogens with zero attached hydrogens (tertiary/aromatic N) is 5. The van der Waals surface area contributed by atoms with E-state index in [0.29, 0.717) is 28.1 Å². The Balaban J connectivity index is 1.29. The van der Waals surface area contributed by atoms with Crippen molar-refractivity contribution in [2.45, 2.75) is 31.8 Å². The van der Waals surface area contributed by atoms with Gasteiger partial charge in [0.15, 0.2) is 11.5 Å². The molecule has 6 heterocycles. The number of fused-ring (bicyclic) bond motifs is 4. The Morgan fingerprint density at radius 3 is 2.88 bits per heavy atom. The maximum atomic E-state index is 13.2. The van der Waals surface area contributed by atoms with Crippen molar-refractivity contribution in [1.29, 1.82) is 0 Å². The van der Waals surface area contributed by atoms with Crippen molar-refractivity contribution < 1.29 is 4.79 Å². The van der Waals surface area contributed by atoms with Crippen LogP contribution in [0.4, 0.5) is 11.5 Å². The third kappa shape index (κ3) is 3.53. The second-order valence-corrected chi connectivity index (χ2v) is 9.08. The molecule has 2 bridgehead atoms. The lowest BCUT2D eigenvalue weighted by molar-refractivity contribution is 0.0441. The van der Waals surface area contributed by atoms with Crippen LogP contribution in [-0.4, -0.2) is 60.5 Å². The van der Waals surface area contributed by atoms with Gasteiger partial charge in [-0.2, -0.15) is 5.10 Å². The van der Waals surface area contributed by atoms with Gasteiger partial charge in [-0.1, -0.05) is 11.6 Å². The summed E-state index contributed by atoms with van der Waals surface area (Å²) in [6.45, 7) is 3.53. The Hall–Kier alpha value is -3.43. The number of aryl methyl sites for hydroxylation is 1. The van der Waals surface area contributed by atoms with E-state index in [4.69, 9.17) is 11.6 Å². The van der Waals surface area contributed by atoms with Crippen molar-refractivity contribution in [3.05, 3.63) is 59.3 Å². The first-order chi connectivity index (χ1) is 16.1. The molecule has 0 aliphatic carbocycles. The Bertz CT molecular complexity index is 1340. The quantitative estimate of drug-likeness (QED) is 0.429. The summed E-state index contributed by atoms with van der Waals surface area (Å²) >= 11 is 6.58. The van der Waals surface area contributed by atoms with Gasteiger partial charge >= 0.3 is 0 Å². The van der Waals surface area contributed by atoms with Crippen molar-refractivity contribution >= 4 is 34.7 Å². The van der Waals surface area contributed by atoms with Gasteiger partial charge in [0, 0.05) is 48.8 Å². The Morgan fingerprint density at radius 2 is 2.18 bits per heavy atom. The molecule has 3 aliphatic rings. The van der Waals surface area contributed by atoms with Crippen LogP contribution in [0.3, 0.4) is 0 Å². The highest BCUT2D eigenvalue weighted by atomic mass is 35.5. The summed E-state index contributed by atoms with van der Waals surface area (Å²) in [4.78, 5) is 24.3. The van der Waals surface area contributed by atoms with Gasteiger partial charge < -0.3 is 15.5 Å². The van der Waals surface area contributed by atoms with E-state index in [1.807, 2.05) is 34.7 Å². The summed E-state index contributed by atoms with van der Waals surface area (Å²) in [5.74, 6) is 0.608. The van der Waals surface area contributed by atoms with Gasteiger partial charge in [0.05, 0.1) is 34.4 Å². The van der Waals surface area contributed by atoms with Gasteiger partial charge in [0.1, 0.15) is 0 Å². The molecule has 3 fully saturated rings. The van der Waals surface area contributed by atoms with E-state index >= 15 is 0 Å². The monoisotopic (exact) mass is 462 g/mol. The number of nitrogens with one attached hydrogen (secondary N) is 3. The molecule has 33 heavy (non-hydrogen) atoms. The van der Waals surface area contributed by atoms with E-state index in [0.717, 1.165) is 48.6 Å². The van der Waals surface area contributed by atoms with Crippen LogP contribution in [0, 0.1) is 6.92 Å². The molecule has 3 N–H and O–H groups in total. The molecule has 0 spiro atoms. The molecule has 4 aromatic rings. The molecule has 2 atom stereocenters. The second-order valence-electron chi connectivity index (χ2n) is 8.67. The normalized spacial score (nSPS) is 19.9. The zero-order valence-corrected chi connectivity index (χ0v) is 18.8. The molecule has 3 saturated heterocycles. The number of carbonyl (C=O) groups excluding carboxylic acids is 1. The van der Waals surface area contributed by atoms with Gasteiger partial charge in [0.25, 0.3) is 5.91 Å². The maximum absolute atomic E-state index is 13.2. The molecule has 1 aromatic carbocycles. The summed E-state index contributed by atoms with van der Waals surface area (Å²) in [5, 5.41) is 14.1. The molecule has 0 saturated carbocycles. The minimum absolute atomic E-state index is 0.00293. The standard InChI is InChI=1S/C23H23ClN8O/c1-13-11-32-20(14-7-27-28-8-14)10-26-22(32)21(29-13)30-15-3-5-18(19(24)6-15)23(33)31-12-16-2-4-17(31)9-25-16/h3,5-8,10-11,16-17,25H,2,4,9,12H2,1H3,(H,27,28)(H,29,30)/t16-,17-/m1/s1. The van der Waals surface area contributed by atoms with Gasteiger partial charge in [-0.15, -0.1) is 0 Å². The predicted molar refractivity (Wildman–Crippen MR) is 126 cm³/mol. The number of halogens is 1. The fraction of sp³-hybridized carbons (Fsp3) is 0.304. The molecule has 3 aromatic heterocycles. The van der Waals surface area contributed by atoms with Crippen LogP contribution in [0.5, 0.6) is 0 Å². The van der Waals surface area contributed by atoms with Crippen LogP contribution < -0.4 is 10.6 Å². The third-order valence-electron chi connectivity index (χ3n) is 6.48. The zero-order valence-electron chi connectivity index (χ0n) is 18.0. The molecule has 7 rings (SSSR count). The highest BCUT2D eigenvalue weighted by Gasteiger charge is 2.36. The SMILES string of the molecule is Cc1cn2c(-c3cn[nH]c3)cnc2c(Nc2ccc(C(=O)N3C[C@H]4CC[C@@H]3CN4)c(Cl)c2)n1. The Morgan fingerprint density at radius 1 is 1.27 bits per heavy atom. The number of aromatic amines is 1. The van der Waals surface area contributed by atoms with E-state index < -0.39 is 0 Å². The van der Waals surface area contributed by atoms with E-state index in [9.17, 15) is 4.79 Å². The predicted octanol–water partition coefficient (Wildman–Crippen LogP) is 3.40. The molecule has 0 radical (unpaired) electrons. The molecule has 3 aliphatic heterocycles. The average Bonchev–Trinajstić information content (AvgIpc) is 3.49. The van der Waals surface area contributed by atoms with Gasteiger partial charge in [-0.3, -0.25) is 14.3 Å². The minimum atomic E-state index is -0.00293. The fourth-order valence-corrected chi connectivity index (χ4v) is 5.07. The zero-order chi connectivity index (χ0) is 22.5. The molecule has 168 valence electrons. The summed E-state index contributed by atoms with van der Waals surface area (Å²) in [7, 11) is 0. The molecule has 9 nitrogen and oxygen atoms in total. The Kier molecular flexibility index (Phi) is 4.81. The number of hydrogen-bond acceptors (Lipinski definition) is 6. The van der Waals surface area contributed by atoms with Crippen LogP contribution in [-0.2, 0) is 0 Å². The lowest BCUT2D eigenvalue weighted by atomic mass is 9.92. The van der Waals surface area contributed by atoms with Crippen molar-refractivity contribution in [1.82, 2.24) is 34.8 Å². The van der Waals surface area contributed by atoms with Gasteiger partial charge in [-0.25, -0.2) is 9.97 Å². The summed E-state index contributed by atoms with van der Waals surface area (Å²) in [5.41, 5.74) is 4.64. The third-order valence-corrected chi connectivity index (χ3v) is 6.79. The first-order valence-corrected chi connectivity index (χ1v) is 11.4. The molecule has 1 amide bonds. The maximum Gasteiger partial charge on any atom is 0.255 e. The molecular formula is C23H23ClN8O. The van der Waals surface area contributed by atoms with Crippen LogP contribution >= 0.6 is 11.6 Å². The summed E-state index contributed by atoms with van der Waals surface area (Å²) in [6, 6.07) is 6.05. The topological polar surface area (TPSA) is 103 Å². The number of aromatic nitrogens is 5. The van der Waals surface area contributed by atoms with Crippen LogP contribution in [0.25, 0.3) is 16.9 Å². The lowest BCUT2D eigenvalue weighted by Crippen LogP contribution is -2.62. The molecule has 10 heteroatoms. The largest absolute Gasteiger partial charge is 0.337 e. The van der Waals surface area contributed by atoms with E-state index in [1.165, 1.54) is 0 Å². The number of anilines is 2. The number of piperidine rings is 2. The highest BCUT2D eigenvalue weighted by Crippen LogP contribution is 2.30. The first-order valence-electron chi connectivity index (χ1n) is 11.0. The van der Waals surface area contributed by atoms with Crippen molar-refractivity contribution in [3.8, 4) is 11.3 Å².